The lowest BCUT2D eigenvalue weighted by atomic mass is 10.0. The summed E-state index contributed by atoms with van der Waals surface area (Å²) in [6.07, 6.45) is 2.99. The minimum Gasteiger partial charge on any atom is -0.396 e. The number of nitrogens with two attached hydrogens (primary N) is 1. The highest BCUT2D eigenvalue weighted by Gasteiger charge is 2.32. The molecule has 0 bridgehead atoms. The minimum absolute atomic E-state index is 0.0889. The molecule has 2 N–H and O–H groups in total. The molecule has 0 aromatic heterocycles. The van der Waals surface area contributed by atoms with Gasteiger partial charge in [-0.2, -0.15) is 4.31 Å². The van der Waals surface area contributed by atoms with Gasteiger partial charge in [-0.1, -0.05) is 13.3 Å². The summed E-state index contributed by atoms with van der Waals surface area (Å²) in [5.74, 6) is -0.122. The molecule has 112 valence electrons. The highest BCUT2D eigenvalue weighted by atomic mass is 32.2. The van der Waals surface area contributed by atoms with E-state index in [1.165, 1.54) is 23.4 Å². The third-order valence-corrected chi connectivity index (χ3v) is 5.68. The summed E-state index contributed by atoms with van der Waals surface area (Å²) in [5.41, 5.74) is 5.67. The van der Waals surface area contributed by atoms with Gasteiger partial charge in [-0.25, -0.2) is 12.8 Å². The van der Waals surface area contributed by atoms with E-state index in [4.69, 9.17) is 5.73 Å². The maximum absolute atomic E-state index is 13.5. The van der Waals surface area contributed by atoms with Gasteiger partial charge in [0.05, 0.1) is 10.6 Å². The van der Waals surface area contributed by atoms with E-state index in [0.717, 1.165) is 19.3 Å². The number of hydrogen-bond donors (Lipinski definition) is 1. The van der Waals surface area contributed by atoms with Crippen molar-refractivity contribution in [3.8, 4) is 0 Å². The SMILES string of the molecule is CCCC1CCN(S(=O)(=O)c2cc(C)c(F)c(N)c2)C1. The third-order valence-electron chi connectivity index (χ3n) is 3.84. The zero-order valence-electron chi connectivity index (χ0n) is 11.9. The summed E-state index contributed by atoms with van der Waals surface area (Å²) >= 11 is 0. The normalized spacial score (nSPS) is 20.4. The number of anilines is 1. The van der Waals surface area contributed by atoms with E-state index in [0.29, 0.717) is 19.0 Å². The Balaban J connectivity index is 2.28. The first kappa shape index (κ1) is 15.3. The molecule has 0 saturated carbocycles. The van der Waals surface area contributed by atoms with Crippen molar-refractivity contribution < 1.29 is 12.8 Å². The number of benzene rings is 1. The lowest BCUT2D eigenvalue weighted by Crippen LogP contribution is -2.29. The summed E-state index contributed by atoms with van der Waals surface area (Å²) < 4.78 is 40.1. The molecule has 1 unspecified atom stereocenters. The summed E-state index contributed by atoms with van der Waals surface area (Å²) in [5, 5.41) is 0. The average Bonchev–Trinajstić information content (AvgIpc) is 2.85. The lowest BCUT2D eigenvalue weighted by molar-refractivity contribution is 0.444. The van der Waals surface area contributed by atoms with Gasteiger partial charge in [-0.3, -0.25) is 0 Å². The van der Waals surface area contributed by atoms with Gasteiger partial charge in [0.25, 0.3) is 0 Å². The second-order valence-corrected chi connectivity index (χ2v) is 7.39. The lowest BCUT2D eigenvalue weighted by Gasteiger charge is -2.17. The quantitative estimate of drug-likeness (QED) is 0.869. The Kier molecular flexibility index (Phi) is 4.34. The summed E-state index contributed by atoms with van der Waals surface area (Å²) in [6, 6.07) is 2.57. The first-order chi connectivity index (χ1) is 9.36. The van der Waals surface area contributed by atoms with Crippen LogP contribution < -0.4 is 5.73 Å². The van der Waals surface area contributed by atoms with Crippen LogP contribution in [0.15, 0.2) is 17.0 Å². The fourth-order valence-electron chi connectivity index (χ4n) is 2.72. The number of nitrogen functional groups attached to an aromatic ring is 1. The molecule has 0 aliphatic carbocycles. The predicted molar refractivity (Wildman–Crippen MR) is 77.3 cm³/mol. The summed E-state index contributed by atoms with van der Waals surface area (Å²) in [6.45, 7) is 4.70. The highest BCUT2D eigenvalue weighted by Crippen LogP contribution is 2.29. The molecule has 0 radical (unpaired) electrons. The maximum Gasteiger partial charge on any atom is 0.243 e. The monoisotopic (exact) mass is 300 g/mol. The fourth-order valence-corrected chi connectivity index (χ4v) is 4.37. The van der Waals surface area contributed by atoms with Gasteiger partial charge < -0.3 is 5.73 Å². The number of nitrogens with zero attached hydrogens (tertiary/aromatic N) is 1. The standard InChI is InChI=1S/C14H21FN2O2S/c1-3-4-11-5-6-17(9-11)20(18,19)12-7-10(2)14(15)13(16)8-12/h7-8,11H,3-6,9,16H2,1-2H3. The number of sulfonamides is 1. The van der Waals surface area contributed by atoms with Crippen LogP contribution in [0.2, 0.25) is 0 Å². The molecule has 4 nitrogen and oxygen atoms in total. The Morgan fingerprint density at radius 1 is 1.45 bits per heavy atom. The molecular formula is C14H21FN2O2S. The van der Waals surface area contributed by atoms with Crippen molar-refractivity contribution in [3.05, 3.63) is 23.5 Å². The Morgan fingerprint density at radius 3 is 2.75 bits per heavy atom. The van der Waals surface area contributed by atoms with Crippen molar-refractivity contribution in [1.82, 2.24) is 4.31 Å². The van der Waals surface area contributed by atoms with Crippen molar-refractivity contribution in [3.63, 3.8) is 0 Å². The highest BCUT2D eigenvalue weighted by molar-refractivity contribution is 7.89. The Morgan fingerprint density at radius 2 is 2.15 bits per heavy atom. The van der Waals surface area contributed by atoms with Crippen molar-refractivity contribution >= 4 is 15.7 Å². The molecule has 1 aliphatic heterocycles. The Bertz CT molecular complexity index is 578. The van der Waals surface area contributed by atoms with Gasteiger partial charge in [0.15, 0.2) is 0 Å². The first-order valence-corrected chi connectivity index (χ1v) is 8.36. The molecule has 0 amide bonds. The maximum atomic E-state index is 13.5. The van der Waals surface area contributed by atoms with E-state index in [2.05, 4.69) is 6.92 Å². The number of hydrogen-bond acceptors (Lipinski definition) is 3. The molecule has 1 aliphatic rings. The fraction of sp³-hybridized carbons (Fsp3) is 0.571. The molecule has 1 heterocycles. The molecule has 0 spiro atoms. The zero-order valence-corrected chi connectivity index (χ0v) is 12.7. The average molecular weight is 300 g/mol. The van der Waals surface area contributed by atoms with Crippen molar-refractivity contribution in [2.45, 2.75) is 38.0 Å². The first-order valence-electron chi connectivity index (χ1n) is 6.92. The van der Waals surface area contributed by atoms with Crippen molar-refractivity contribution in [2.24, 2.45) is 5.92 Å². The third kappa shape index (κ3) is 2.81. The topological polar surface area (TPSA) is 63.4 Å². The van der Waals surface area contributed by atoms with Crippen LogP contribution in [0.1, 0.15) is 31.7 Å². The smallest absolute Gasteiger partial charge is 0.243 e. The Hall–Kier alpha value is -1.14. The minimum atomic E-state index is -3.57. The second kappa shape index (κ2) is 5.69. The van der Waals surface area contributed by atoms with Gasteiger partial charge in [0.2, 0.25) is 10.0 Å². The summed E-state index contributed by atoms with van der Waals surface area (Å²) in [7, 11) is -3.57. The molecule has 1 fully saturated rings. The number of halogens is 1. The van der Waals surface area contributed by atoms with Crippen LogP contribution in [0.5, 0.6) is 0 Å². The van der Waals surface area contributed by atoms with Crippen molar-refractivity contribution in [2.75, 3.05) is 18.8 Å². The van der Waals surface area contributed by atoms with E-state index in [9.17, 15) is 12.8 Å². The van der Waals surface area contributed by atoms with Crippen molar-refractivity contribution in [1.29, 1.82) is 0 Å². The van der Waals surface area contributed by atoms with Crippen LogP contribution in [0.4, 0.5) is 10.1 Å². The molecule has 1 saturated heterocycles. The van der Waals surface area contributed by atoms with Crippen LogP contribution in [-0.2, 0) is 10.0 Å². The van der Waals surface area contributed by atoms with Crippen LogP contribution >= 0.6 is 0 Å². The second-order valence-electron chi connectivity index (χ2n) is 5.45. The zero-order chi connectivity index (χ0) is 14.9. The number of aryl methyl sites for hydroxylation is 1. The van der Waals surface area contributed by atoms with Crippen LogP contribution in [0, 0.1) is 18.7 Å². The van der Waals surface area contributed by atoms with E-state index in [1.54, 1.807) is 0 Å². The van der Waals surface area contributed by atoms with E-state index >= 15 is 0 Å². The number of rotatable bonds is 4. The van der Waals surface area contributed by atoms with Gasteiger partial charge >= 0.3 is 0 Å². The van der Waals surface area contributed by atoms with Gasteiger partial charge in [0, 0.05) is 13.1 Å². The van der Waals surface area contributed by atoms with E-state index in [1.807, 2.05) is 0 Å². The van der Waals surface area contributed by atoms with Gasteiger partial charge in [0.1, 0.15) is 5.82 Å². The van der Waals surface area contributed by atoms with Crippen LogP contribution in [-0.4, -0.2) is 25.8 Å². The van der Waals surface area contributed by atoms with E-state index in [-0.39, 0.29) is 16.1 Å². The molecule has 20 heavy (non-hydrogen) atoms. The Labute approximate surface area is 119 Å². The molecule has 1 aromatic rings. The molecule has 1 aromatic carbocycles. The molecule has 1 atom stereocenters. The molecule has 2 rings (SSSR count). The molecular weight excluding hydrogens is 279 g/mol. The predicted octanol–water partition coefficient (Wildman–Crippen LogP) is 2.53. The van der Waals surface area contributed by atoms with Crippen LogP contribution in [0.3, 0.4) is 0 Å². The largest absolute Gasteiger partial charge is 0.396 e. The summed E-state index contributed by atoms with van der Waals surface area (Å²) in [4.78, 5) is 0.0889. The van der Waals surface area contributed by atoms with E-state index < -0.39 is 15.8 Å². The van der Waals surface area contributed by atoms with Crippen LogP contribution in [0.25, 0.3) is 0 Å². The van der Waals surface area contributed by atoms with Gasteiger partial charge in [-0.05, 0) is 43.4 Å². The van der Waals surface area contributed by atoms with Gasteiger partial charge in [-0.15, -0.1) is 0 Å². The molecule has 6 heteroatoms.